The molecule has 2 N–H and O–H groups in total. The van der Waals surface area contributed by atoms with Crippen LogP contribution < -0.4 is 5.73 Å². The van der Waals surface area contributed by atoms with E-state index in [-0.39, 0.29) is 17.3 Å². The molecule has 2 fully saturated rings. The average molecular weight is 270 g/mol. The van der Waals surface area contributed by atoms with E-state index in [0.717, 1.165) is 45.6 Å². The van der Waals surface area contributed by atoms with Gasteiger partial charge in [0.15, 0.2) is 5.79 Å². The van der Waals surface area contributed by atoms with Crippen LogP contribution in [-0.4, -0.2) is 49.6 Å². The molecule has 1 aliphatic carbocycles. The zero-order chi connectivity index (χ0) is 13.9. The summed E-state index contributed by atoms with van der Waals surface area (Å²) in [5.41, 5.74) is 6.00. The largest absolute Gasteiger partial charge is 0.347 e. The molecule has 4 nitrogen and oxygen atoms in total. The average Bonchev–Trinajstić information content (AvgIpc) is 2.99. The van der Waals surface area contributed by atoms with Gasteiger partial charge in [0.05, 0.1) is 12.7 Å². The van der Waals surface area contributed by atoms with Crippen LogP contribution in [0.1, 0.15) is 46.5 Å². The van der Waals surface area contributed by atoms with Gasteiger partial charge in [-0.2, -0.15) is 0 Å². The Morgan fingerprint density at radius 2 is 2.00 bits per heavy atom. The van der Waals surface area contributed by atoms with E-state index in [1.165, 1.54) is 12.8 Å². The maximum absolute atomic E-state index is 6.20. The fraction of sp³-hybridized carbons (Fsp3) is 1.00. The van der Waals surface area contributed by atoms with E-state index in [1.54, 1.807) is 0 Å². The normalized spacial score (nSPS) is 26.7. The van der Waals surface area contributed by atoms with Crippen molar-refractivity contribution in [3.63, 3.8) is 0 Å². The van der Waals surface area contributed by atoms with Crippen LogP contribution >= 0.6 is 0 Å². The zero-order valence-corrected chi connectivity index (χ0v) is 12.8. The minimum atomic E-state index is -0.229. The Morgan fingerprint density at radius 1 is 1.32 bits per heavy atom. The third kappa shape index (κ3) is 3.91. The van der Waals surface area contributed by atoms with Crippen LogP contribution in [0.4, 0.5) is 0 Å². The Bertz CT molecular complexity index is 288. The Morgan fingerprint density at radius 3 is 2.58 bits per heavy atom. The molecule has 1 saturated carbocycles. The van der Waals surface area contributed by atoms with Gasteiger partial charge in [-0.3, -0.25) is 0 Å². The lowest BCUT2D eigenvalue weighted by molar-refractivity contribution is -0.163. The van der Waals surface area contributed by atoms with Crippen molar-refractivity contribution in [2.75, 3.05) is 32.8 Å². The first-order valence-corrected chi connectivity index (χ1v) is 7.73. The molecule has 1 saturated heterocycles. The van der Waals surface area contributed by atoms with Gasteiger partial charge >= 0.3 is 0 Å². The summed E-state index contributed by atoms with van der Waals surface area (Å²) in [6.07, 6.45) is 4.86. The van der Waals surface area contributed by atoms with Crippen LogP contribution in [0, 0.1) is 5.41 Å². The van der Waals surface area contributed by atoms with Crippen LogP contribution in [0.2, 0.25) is 0 Å². The highest BCUT2D eigenvalue weighted by molar-refractivity contribution is 4.86. The van der Waals surface area contributed by atoms with E-state index < -0.39 is 0 Å². The van der Waals surface area contributed by atoms with Gasteiger partial charge in [0, 0.05) is 25.9 Å². The maximum atomic E-state index is 6.20. The van der Waals surface area contributed by atoms with Gasteiger partial charge in [0.25, 0.3) is 0 Å². The number of ether oxygens (including phenoxy) is 2. The zero-order valence-electron chi connectivity index (χ0n) is 12.8. The standard InChI is InChI=1S/C15H30N2O2/c1-4-17(12-14(2,3)11-16)9-13-10-18-15(19-13)7-5-6-8-15/h13H,4-12,16H2,1-3H3. The fourth-order valence-corrected chi connectivity index (χ4v) is 3.15. The second-order valence-electron chi connectivity index (χ2n) is 6.86. The Kier molecular flexibility index (Phi) is 4.88. The maximum Gasteiger partial charge on any atom is 0.168 e. The highest BCUT2D eigenvalue weighted by Crippen LogP contribution is 2.39. The number of hydrogen-bond donors (Lipinski definition) is 1. The molecule has 19 heavy (non-hydrogen) atoms. The van der Waals surface area contributed by atoms with Crippen LogP contribution in [0.3, 0.4) is 0 Å². The van der Waals surface area contributed by atoms with E-state index in [1.807, 2.05) is 0 Å². The van der Waals surface area contributed by atoms with Crippen molar-refractivity contribution in [2.45, 2.75) is 58.3 Å². The lowest BCUT2D eigenvalue weighted by Crippen LogP contribution is -2.43. The predicted molar refractivity (Wildman–Crippen MR) is 77.0 cm³/mol. The van der Waals surface area contributed by atoms with Gasteiger partial charge in [-0.25, -0.2) is 0 Å². The second-order valence-corrected chi connectivity index (χ2v) is 6.86. The smallest absolute Gasteiger partial charge is 0.168 e. The Labute approximate surface area is 117 Å². The third-order valence-electron chi connectivity index (χ3n) is 4.39. The molecule has 112 valence electrons. The first-order valence-electron chi connectivity index (χ1n) is 7.73. The van der Waals surface area contributed by atoms with Crippen molar-refractivity contribution in [1.82, 2.24) is 4.90 Å². The Balaban J connectivity index is 1.83. The summed E-state index contributed by atoms with van der Waals surface area (Å²) < 4.78 is 12.1. The van der Waals surface area contributed by atoms with Crippen molar-refractivity contribution in [2.24, 2.45) is 11.1 Å². The second kappa shape index (κ2) is 6.08. The first-order chi connectivity index (χ1) is 8.99. The highest BCUT2D eigenvalue weighted by atomic mass is 16.7. The summed E-state index contributed by atoms with van der Waals surface area (Å²) in [6, 6.07) is 0. The SMILES string of the molecule is CCN(CC1COC2(CCCC2)O1)CC(C)(C)CN. The van der Waals surface area contributed by atoms with Crippen molar-refractivity contribution in [3.05, 3.63) is 0 Å². The first kappa shape index (κ1) is 15.2. The molecule has 0 aromatic heterocycles. The molecule has 2 aliphatic rings. The van der Waals surface area contributed by atoms with E-state index in [2.05, 4.69) is 25.7 Å². The third-order valence-corrected chi connectivity index (χ3v) is 4.39. The van der Waals surface area contributed by atoms with Gasteiger partial charge < -0.3 is 20.1 Å². The fourth-order valence-electron chi connectivity index (χ4n) is 3.15. The van der Waals surface area contributed by atoms with Gasteiger partial charge in [-0.1, -0.05) is 20.8 Å². The molecule has 0 bridgehead atoms. The number of nitrogens with two attached hydrogens (primary N) is 1. The van der Waals surface area contributed by atoms with Crippen LogP contribution in [-0.2, 0) is 9.47 Å². The molecule has 0 radical (unpaired) electrons. The molecule has 0 aromatic carbocycles. The summed E-state index contributed by atoms with van der Waals surface area (Å²) in [5, 5.41) is 0. The molecule has 1 spiro atoms. The summed E-state index contributed by atoms with van der Waals surface area (Å²) in [6.45, 7) is 11.1. The number of nitrogens with zero attached hydrogens (tertiary/aromatic N) is 1. The van der Waals surface area contributed by atoms with Gasteiger partial charge in [-0.15, -0.1) is 0 Å². The molecular weight excluding hydrogens is 240 g/mol. The molecule has 1 heterocycles. The lowest BCUT2D eigenvalue weighted by atomic mass is 9.93. The minimum absolute atomic E-state index is 0.167. The Hall–Kier alpha value is -0.160. The van der Waals surface area contributed by atoms with E-state index >= 15 is 0 Å². The van der Waals surface area contributed by atoms with Crippen molar-refractivity contribution in [3.8, 4) is 0 Å². The summed E-state index contributed by atoms with van der Waals surface area (Å²) in [7, 11) is 0. The van der Waals surface area contributed by atoms with E-state index in [4.69, 9.17) is 15.2 Å². The van der Waals surface area contributed by atoms with Crippen molar-refractivity contribution >= 4 is 0 Å². The van der Waals surface area contributed by atoms with E-state index in [0.29, 0.717) is 0 Å². The molecular formula is C15H30N2O2. The van der Waals surface area contributed by atoms with Gasteiger partial charge in [-0.05, 0) is 31.3 Å². The van der Waals surface area contributed by atoms with Gasteiger partial charge in [0.2, 0.25) is 0 Å². The number of likely N-dealkylation sites (N-methyl/N-ethyl adjacent to an activating group) is 1. The van der Waals surface area contributed by atoms with Gasteiger partial charge in [0.1, 0.15) is 0 Å². The van der Waals surface area contributed by atoms with Crippen LogP contribution in [0.25, 0.3) is 0 Å². The summed E-state index contributed by atoms with van der Waals surface area (Å²) in [5.74, 6) is -0.229. The van der Waals surface area contributed by atoms with E-state index in [9.17, 15) is 0 Å². The highest BCUT2D eigenvalue weighted by Gasteiger charge is 2.44. The minimum Gasteiger partial charge on any atom is -0.347 e. The predicted octanol–water partition coefficient (Wildman–Crippen LogP) is 1.98. The number of hydrogen-bond acceptors (Lipinski definition) is 4. The molecule has 1 atom stereocenters. The quantitative estimate of drug-likeness (QED) is 0.802. The lowest BCUT2D eigenvalue weighted by Gasteiger charge is -2.32. The molecule has 1 unspecified atom stereocenters. The summed E-state index contributed by atoms with van der Waals surface area (Å²) >= 11 is 0. The molecule has 0 amide bonds. The number of rotatable bonds is 6. The summed E-state index contributed by atoms with van der Waals surface area (Å²) in [4.78, 5) is 2.44. The molecule has 4 heteroatoms. The molecule has 1 aliphatic heterocycles. The monoisotopic (exact) mass is 270 g/mol. The van der Waals surface area contributed by atoms with Crippen LogP contribution in [0.5, 0.6) is 0 Å². The van der Waals surface area contributed by atoms with Crippen molar-refractivity contribution < 1.29 is 9.47 Å². The van der Waals surface area contributed by atoms with Crippen LogP contribution in [0.15, 0.2) is 0 Å². The van der Waals surface area contributed by atoms with Crippen molar-refractivity contribution in [1.29, 1.82) is 0 Å². The molecule has 0 aromatic rings. The topological polar surface area (TPSA) is 47.7 Å². The molecule has 2 rings (SSSR count).